The van der Waals surface area contributed by atoms with Crippen LogP contribution in [0.15, 0.2) is 41.4 Å². The Morgan fingerprint density at radius 3 is 2.94 bits per heavy atom. The van der Waals surface area contributed by atoms with E-state index >= 15 is 0 Å². The van der Waals surface area contributed by atoms with Gasteiger partial charge in [-0.1, -0.05) is 18.2 Å². The topological polar surface area (TPSA) is 37.4 Å². The fraction of sp³-hybridized carbons (Fsp3) is 0.167. The molecule has 1 unspecified atom stereocenters. The summed E-state index contributed by atoms with van der Waals surface area (Å²) in [4.78, 5) is 26.4. The van der Waals surface area contributed by atoms with Crippen molar-refractivity contribution in [3.8, 4) is 0 Å². The number of hydrogen-bond acceptors (Lipinski definition) is 3. The van der Waals surface area contributed by atoms with Crippen LogP contribution in [-0.2, 0) is 4.79 Å². The summed E-state index contributed by atoms with van der Waals surface area (Å²) in [7, 11) is 0. The molecule has 4 heteroatoms. The van der Waals surface area contributed by atoms with Crippen molar-refractivity contribution in [3.63, 3.8) is 0 Å². The van der Waals surface area contributed by atoms with Crippen LogP contribution < -0.4 is 0 Å². The number of fused-ring (bicyclic) bond motifs is 2. The Balaban J connectivity index is 2.14. The summed E-state index contributed by atoms with van der Waals surface area (Å²) < 4.78 is 0. The van der Waals surface area contributed by atoms with E-state index in [2.05, 4.69) is 0 Å². The number of hydrogen-bond donors (Lipinski definition) is 0. The minimum Gasteiger partial charge on any atom is -0.304 e. The molecule has 0 saturated carbocycles. The number of carbonyl (C=O) groups excluding carboxylic acids is 2. The van der Waals surface area contributed by atoms with Crippen LogP contribution in [0.1, 0.15) is 16.8 Å². The molecule has 2 aliphatic heterocycles. The maximum absolute atomic E-state index is 12.2. The van der Waals surface area contributed by atoms with Crippen molar-refractivity contribution in [2.45, 2.75) is 17.4 Å². The summed E-state index contributed by atoms with van der Waals surface area (Å²) in [6.07, 6.45) is 4.22. The van der Waals surface area contributed by atoms with Gasteiger partial charge in [0.2, 0.25) is 5.12 Å². The van der Waals surface area contributed by atoms with E-state index in [1.807, 2.05) is 24.3 Å². The number of thioether (sulfide) groups is 1. The van der Waals surface area contributed by atoms with E-state index in [0.717, 1.165) is 4.90 Å². The summed E-state index contributed by atoms with van der Waals surface area (Å²) in [6.45, 7) is 0. The Morgan fingerprint density at radius 1 is 1.25 bits per heavy atom. The van der Waals surface area contributed by atoms with Gasteiger partial charge in [-0.15, -0.1) is 0 Å². The lowest BCUT2D eigenvalue weighted by molar-refractivity contribution is -0.113. The van der Waals surface area contributed by atoms with E-state index in [1.54, 1.807) is 17.2 Å². The molecule has 0 radical (unpaired) electrons. The van der Waals surface area contributed by atoms with Gasteiger partial charge < -0.3 is 4.90 Å². The quantitative estimate of drug-likeness (QED) is 0.685. The van der Waals surface area contributed by atoms with Crippen molar-refractivity contribution >= 4 is 22.8 Å². The summed E-state index contributed by atoms with van der Waals surface area (Å²) in [5, 5.41) is 0.0447. The molecule has 1 atom stereocenters. The fourth-order valence-corrected chi connectivity index (χ4v) is 2.96. The Kier molecular flexibility index (Phi) is 2.11. The molecule has 3 nitrogen and oxygen atoms in total. The normalized spacial score (nSPS) is 23.0. The van der Waals surface area contributed by atoms with Gasteiger partial charge in [0.25, 0.3) is 5.91 Å². The molecule has 2 heterocycles. The minimum atomic E-state index is -0.315. The third kappa shape index (κ3) is 1.30. The average molecular weight is 231 g/mol. The standard InChI is InChI=1S/C12H9NO2S/c14-11-8-4-1-2-6-10(8)16-12(15)9-5-3-7-13(9)11/h1-4,6-7,9H,5H2. The molecule has 16 heavy (non-hydrogen) atoms. The molecular formula is C12H9NO2S. The lowest BCUT2D eigenvalue weighted by atomic mass is 10.2. The van der Waals surface area contributed by atoms with Gasteiger partial charge in [-0.25, -0.2) is 0 Å². The van der Waals surface area contributed by atoms with Gasteiger partial charge in [0.15, 0.2) is 0 Å². The molecule has 0 aromatic heterocycles. The predicted molar refractivity (Wildman–Crippen MR) is 61.0 cm³/mol. The van der Waals surface area contributed by atoms with E-state index in [0.29, 0.717) is 12.0 Å². The first-order valence-electron chi connectivity index (χ1n) is 5.07. The van der Waals surface area contributed by atoms with Crippen LogP contribution in [0.4, 0.5) is 0 Å². The smallest absolute Gasteiger partial charge is 0.259 e. The monoisotopic (exact) mass is 231 g/mol. The van der Waals surface area contributed by atoms with E-state index in [9.17, 15) is 9.59 Å². The van der Waals surface area contributed by atoms with E-state index < -0.39 is 0 Å². The first kappa shape index (κ1) is 9.66. The van der Waals surface area contributed by atoms with Gasteiger partial charge in [0, 0.05) is 11.1 Å². The lowest BCUT2D eigenvalue weighted by Crippen LogP contribution is -2.35. The maximum Gasteiger partial charge on any atom is 0.259 e. The van der Waals surface area contributed by atoms with Crippen LogP contribution in [0.2, 0.25) is 0 Å². The third-order valence-electron chi connectivity index (χ3n) is 2.80. The van der Waals surface area contributed by atoms with Crippen LogP contribution in [-0.4, -0.2) is 22.0 Å². The summed E-state index contributed by atoms with van der Waals surface area (Å²) >= 11 is 1.17. The van der Waals surface area contributed by atoms with Gasteiger partial charge in [0.1, 0.15) is 6.04 Å². The van der Waals surface area contributed by atoms with Crippen molar-refractivity contribution in [2.75, 3.05) is 0 Å². The molecule has 1 amide bonds. The highest BCUT2D eigenvalue weighted by Gasteiger charge is 2.36. The number of rotatable bonds is 0. The third-order valence-corrected chi connectivity index (χ3v) is 3.84. The molecule has 1 aromatic rings. The second kappa shape index (κ2) is 3.49. The average Bonchev–Trinajstić information content (AvgIpc) is 2.74. The number of nitrogens with zero attached hydrogens (tertiary/aromatic N) is 1. The zero-order chi connectivity index (χ0) is 11.1. The maximum atomic E-state index is 12.2. The van der Waals surface area contributed by atoms with Crippen LogP contribution in [0.25, 0.3) is 0 Å². The summed E-state index contributed by atoms with van der Waals surface area (Å²) in [6, 6.07) is 6.94. The SMILES string of the molecule is O=C1Sc2ccccc2C(=O)N2C=CCC12. The fourth-order valence-electron chi connectivity index (χ4n) is 1.99. The number of carbonyl (C=O) groups is 2. The second-order valence-electron chi connectivity index (χ2n) is 3.77. The Hall–Kier alpha value is -1.55. The molecule has 80 valence electrons. The van der Waals surface area contributed by atoms with Gasteiger partial charge >= 0.3 is 0 Å². The van der Waals surface area contributed by atoms with Crippen molar-refractivity contribution in [1.29, 1.82) is 0 Å². The molecule has 3 rings (SSSR count). The lowest BCUT2D eigenvalue weighted by Gasteiger charge is -2.18. The van der Waals surface area contributed by atoms with E-state index in [-0.39, 0.29) is 17.1 Å². The first-order chi connectivity index (χ1) is 7.77. The van der Waals surface area contributed by atoms with Gasteiger partial charge in [-0.05, 0) is 30.3 Å². The number of benzene rings is 1. The Bertz CT molecular complexity index is 509. The molecule has 0 aliphatic carbocycles. The van der Waals surface area contributed by atoms with E-state index in [1.165, 1.54) is 11.8 Å². The Morgan fingerprint density at radius 2 is 2.06 bits per heavy atom. The highest BCUT2D eigenvalue weighted by molar-refractivity contribution is 8.13. The predicted octanol–water partition coefficient (Wildman–Crippen LogP) is 2.05. The summed E-state index contributed by atoms with van der Waals surface area (Å²) in [5.74, 6) is -0.0762. The van der Waals surface area contributed by atoms with Gasteiger partial charge in [-0.3, -0.25) is 9.59 Å². The Labute approximate surface area is 97.1 Å². The van der Waals surface area contributed by atoms with E-state index in [4.69, 9.17) is 0 Å². The zero-order valence-corrected chi connectivity index (χ0v) is 9.24. The van der Waals surface area contributed by atoms with Crippen LogP contribution in [0, 0.1) is 0 Å². The molecule has 0 N–H and O–H groups in total. The van der Waals surface area contributed by atoms with Crippen molar-refractivity contribution in [1.82, 2.24) is 4.90 Å². The largest absolute Gasteiger partial charge is 0.304 e. The van der Waals surface area contributed by atoms with Gasteiger partial charge in [0.05, 0.1) is 5.56 Å². The van der Waals surface area contributed by atoms with Gasteiger partial charge in [-0.2, -0.15) is 0 Å². The van der Waals surface area contributed by atoms with Crippen LogP contribution in [0.3, 0.4) is 0 Å². The van der Waals surface area contributed by atoms with Crippen LogP contribution >= 0.6 is 11.8 Å². The van der Waals surface area contributed by atoms with Crippen molar-refractivity contribution < 1.29 is 9.59 Å². The molecule has 0 spiro atoms. The van der Waals surface area contributed by atoms with Crippen LogP contribution in [0.5, 0.6) is 0 Å². The molecule has 1 aromatic carbocycles. The molecule has 0 fully saturated rings. The highest BCUT2D eigenvalue weighted by Crippen LogP contribution is 2.34. The minimum absolute atomic E-state index is 0.0447. The second-order valence-corrected chi connectivity index (χ2v) is 4.81. The zero-order valence-electron chi connectivity index (χ0n) is 8.42. The first-order valence-corrected chi connectivity index (χ1v) is 5.89. The molecule has 2 aliphatic rings. The molecule has 0 bridgehead atoms. The number of amides is 1. The summed E-state index contributed by atoms with van der Waals surface area (Å²) in [5.41, 5.74) is 0.620. The molecule has 0 saturated heterocycles. The highest BCUT2D eigenvalue weighted by atomic mass is 32.2. The van der Waals surface area contributed by atoms with Crippen molar-refractivity contribution in [3.05, 3.63) is 42.1 Å². The molecular weight excluding hydrogens is 222 g/mol. The van der Waals surface area contributed by atoms with Crippen molar-refractivity contribution in [2.24, 2.45) is 0 Å².